The van der Waals surface area contributed by atoms with Crippen molar-refractivity contribution < 1.29 is 9.13 Å². The van der Waals surface area contributed by atoms with Gasteiger partial charge in [0, 0.05) is 18.0 Å². The van der Waals surface area contributed by atoms with Crippen molar-refractivity contribution in [3.63, 3.8) is 0 Å². The van der Waals surface area contributed by atoms with Crippen molar-refractivity contribution in [1.82, 2.24) is 0 Å². The summed E-state index contributed by atoms with van der Waals surface area (Å²) in [5.41, 5.74) is 6.95. The molecule has 3 atom stereocenters. The van der Waals surface area contributed by atoms with Gasteiger partial charge in [0.15, 0.2) is 0 Å². The molecule has 0 aromatic heterocycles. The minimum Gasteiger partial charge on any atom is -0.490 e. The summed E-state index contributed by atoms with van der Waals surface area (Å²) in [6.45, 7) is 0. The summed E-state index contributed by atoms with van der Waals surface area (Å²) in [6.07, 6.45) is 8.75. The summed E-state index contributed by atoms with van der Waals surface area (Å²) < 4.78 is 19.2. The number of hydrogen-bond donors (Lipinski definition) is 1. The summed E-state index contributed by atoms with van der Waals surface area (Å²) in [7, 11) is 0. The fraction of sp³-hybridized carbons (Fsp3) is 0.467. The molecule has 0 fully saturated rings. The third-order valence-corrected chi connectivity index (χ3v) is 3.97. The van der Waals surface area contributed by atoms with Gasteiger partial charge < -0.3 is 10.5 Å². The number of halogens is 1. The number of nitrogens with two attached hydrogens (primary N) is 1. The van der Waals surface area contributed by atoms with Crippen LogP contribution in [0.1, 0.15) is 37.3 Å². The molecule has 2 N–H and O–H groups in total. The van der Waals surface area contributed by atoms with Gasteiger partial charge in [0.1, 0.15) is 17.7 Å². The van der Waals surface area contributed by atoms with Crippen LogP contribution in [-0.2, 0) is 0 Å². The zero-order chi connectivity index (χ0) is 12.5. The fourth-order valence-electron chi connectivity index (χ4n) is 2.95. The summed E-state index contributed by atoms with van der Waals surface area (Å²) >= 11 is 0. The van der Waals surface area contributed by atoms with Gasteiger partial charge in [-0.3, -0.25) is 0 Å². The largest absolute Gasteiger partial charge is 0.490 e. The molecule has 3 rings (SSSR count). The lowest BCUT2D eigenvalue weighted by Crippen LogP contribution is -2.35. The Morgan fingerprint density at radius 2 is 2.17 bits per heavy atom. The SMILES string of the molecule is NC1CC(C2CC=CCC2)Oc2ccc(F)cc21. The Hall–Kier alpha value is -1.35. The van der Waals surface area contributed by atoms with Crippen molar-refractivity contribution in [2.45, 2.75) is 37.8 Å². The number of ether oxygens (including phenoxy) is 1. The second-order valence-electron chi connectivity index (χ2n) is 5.23. The van der Waals surface area contributed by atoms with Gasteiger partial charge in [-0.15, -0.1) is 0 Å². The normalized spacial score (nSPS) is 30.7. The maximum Gasteiger partial charge on any atom is 0.124 e. The molecule has 0 saturated carbocycles. The van der Waals surface area contributed by atoms with E-state index in [0.29, 0.717) is 5.92 Å². The third-order valence-electron chi connectivity index (χ3n) is 3.97. The molecule has 2 nitrogen and oxygen atoms in total. The van der Waals surface area contributed by atoms with Crippen LogP contribution in [0.15, 0.2) is 30.4 Å². The monoisotopic (exact) mass is 247 g/mol. The molecule has 0 amide bonds. The van der Waals surface area contributed by atoms with E-state index in [2.05, 4.69) is 12.2 Å². The molecular formula is C15H18FNO. The summed E-state index contributed by atoms with van der Waals surface area (Å²) in [6, 6.07) is 4.53. The van der Waals surface area contributed by atoms with Gasteiger partial charge in [-0.2, -0.15) is 0 Å². The standard InChI is InChI=1S/C15H18FNO/c16-11-6-7-14-12(8-11)13(17)9-15(18-14)10-4-2-1-3-5-10/h1-2,6-8,10,13,15H,3-5,9,17H2. The molecule has 1 aliphatic heterocycles. The number of hydrogen-bond acceptors (Lipinski definition) is 2. The predicted molar refractivity (Wildman–Crippen MR) is 68.8 cm³/mol. The molecule has 0 saturated heterocycles. The predicted octanol–water partition coefficient (Wildman–Crippen LogP) is 3.33. The van der Waals surface area contributed by atoms with E-state index in [1.165, 1.54) is 12.1 Å². The van der Waals surface area contributed by atoms with Crippen LogP contribution in [-0.4, -0.2) is 6.10 Å². The first-order chi connectivity index (χ1) is 8.74. The third kappa shape index (κ3) is 2.15. The highest BCUT2D eigenvalue weighted by Gasteiger charge is 2.31. The van der Waals surface area contributed by atoms with Crippen molar-refractivity contribution in [3.8, 4) is 5.75 Å². The molecule has 1 aromatic carbocycles. The maximum absolute atomic E-state index is 13.2. The molecule has 3 unspecified atom stereocenters. The van der Waals surface area contributed by atoms with Crippen LogP contribution in [0.4, 0.5) is 4.39 Å². The lowest BCUT2D eigenvalue weighted by atomic mass is 9.84. The molecule has 0 radical (unpaired) electrons. The Morgan fingerprint density at radius 1 is 1.28 bits per heavy atom. The van der Waals surface area contributed by atoms with Gasteiger partial charge >= 0.3 is 0 Å². The van der Waals surface area contributed by atoms with E-state index in [4.69, 9.17) is 10.5 Å². The average molecular weight is 247 g/mol. The number of allylic oxidation sites excluding steroid dienone is 2. The minimum atomic E-state index is -0.244. The Kier molecular flexibility index (Phi) is 3.08. The molecule has 1 aromatic rings. The van der Waals surface area contributed by atoms with Gasteiger partial charge in [-0.25, -0.2) is 4.39 Å². The van der Waals surface area contributed by atoms with Crippen molar-refractivity contribution in [3.05, 3.63) is 41.7 Å². The molecule has 2 aliphatic rings. The Morgan fingerprint density at radius 3 is 2.94 bits per heavy atom. The minimum absolute atomic E-state index is 0.111. The van der Waals surface area contributed by atoms with Crippen molar-refractivity contribution in [2.75, 3.05) is 0 Å². The van der Waals surface area contributed by atoms with Crippen LogP contribution in [0.25, 0.3) is 0 Å². The van der Waals surface area contributed by atoms with Crippen molar-refractivity contribution in [1.29, 1.82) is 0 Å². The van der Waals surface area contributed by atoms with Crippen LogP contribution in [0.2, 0.25) is 0 Å². The van der Waals surface area contributed by atoms with E-state index in [9.17, 15) is 4.39 Å². The molecule has 96 valence electrons. The highest BCUT2D eigenvalue weighted by Crippen LogP contribution is 2.38. The van der Waals surface area contributed by atoms with E-state index in [-0.39, 0.29) is 18.0 Å². The molecule has 3 heteroatoms. The average Bonchev–Trinajstić information content (AvgIpc) is 2.40. The first-order valence-electron chi connectivity index (χ1n) is 6.61. The number of fused-ring (bicyclic) bond motifs is 1. The quantitative estimate of drug-likeness (QED) is 0.772. The fourth-order valence-corrected chi connectivity index (χ4v) is 2.95. The summed E-state index contributed by atoms with van der Waals surface area (Å²) in [5.74, 6) is 1.06. The van der Waals surface area contributed by atoms with Crippen LogP contribution < -0.4 is 10.5 Å². The lowest BCUT2D eigenvalue weighted by molar-refractivity contribution is 0.0935. The molecule has 1 heterocycles. The molecule has 1 aliphatic carbocycles. The first-order valence-corrected chi connectivity index (χ1v) is 6.61. The second-order valence-corrected chi connectivity index (χ2v) is 5.23. The van der Waals surface area contributed by atoms with Gasteiger partial charge in [0.05, 0.1) is 0 Å². The van der Waals surface area contributed by atoms with E-state index in [1.807, 2.05) is 0 Å². The Balaban J connectivity index is 1.82. The second kappa shape index (κ2) is 4.73. The Labute approximate surface area is 107 Å². The molecule has 0 bridgehead atoms. The van der Waals surface area contributed by atoms with Crippen molar-refractivity contribution in [2.24, 2.45) is 11.7 Å². The van der Waals surface area contributed by atoms with Gasteiger partial charge in [-0.1, -0.05) is 12.2 Å². The van der Waals surface area contributed by atoms with E-state index >= 15 is 0 Å². The highest BCUT2D eigenvalue weighted by molar-refractivity contribution is 5.38. The summed E-state index contributed by atoms with van der Waals surface area (Å²) in [5, 5.41) is 0. The zero-order valence-corrected chi connectivity index (χ0v) is 10.3. The molecular weight excluding hydrogens is 229 g/mol. The number of rotatable bonds is 1. The highest BCUT2D eigenvalue weighted by atomic mass is 19.1. The summed E-state index contributed by atoms with van der Waals surface area (Å²) in [4.78, 5) is 0. The molecule has 18 heavy (non-hydrogen) atoms. The zero-order valence-electron chi connectivity index (χ0n) is 10.3. The topological polar surface area (TPSA) is 35.2 Å². The van der Waals surface area contributed by atoms with E-state index in [1.54, 1.807) is 6.07 Å². The lowest BCUT2D eigenvalue weighted by Gasteiger charge is -2.35. The van der Waals surface area contributed by atoms with Gasteiger partial charge in [0.25, 0.3) is 0 Å². The van der Waals surface area contributed by atoms with Gasteiger partial charge in [0.2, 0.25) is 0 Å². The van der Waals surface area contributed by atoms with E-state index < -0.39 is 0 Å². The maximum atomic E-state index is 13.2. The number of benzene rings is 1. The molecule has 0 spiro atoms. The van der Waals surface area contributed by atoms with Crippen LogP contribution in [0.5, 0.6) is 5.75 Å². The van der Waals surface area contributed by atoms with Crippen LogP contribution >= 0.6 is 0 Å². The van der Waals surface area contributed by atoms with Crippen LogP contribution in [0.3, 0.4) is 0 Å². The van der Waals surface area contributed by atoms with Crippen LogP contribution in [0, 0.1) is 11.7 Å². The van der Waals surface area contributed by atoms with Gasteiger partial charge in [-0.05, 0) is 43.4 Å². The smallest absolute Gasteiger partial charge is 0.124 e. The van der Waals surface area contributed by atoms with Crippen molar-refractivity contribution >= 4 is 0 Å². The first kappa shape index (κ1) is 11.7. The van der Waals surface area contributed by atoms with E-state index in [0.717, 1.165) is 37.0 Å². The Bertz CT molecular complexity index is 472.